The van der Waals surface area contributed by atoms with Crippen molar-refractivity contribution in [3.05, 3.63) is 46.0 Å². The van der Waals surface area contributed by atoms with E-state index in [9.17, 15) is 31.5 Å². The minimum atomic E-state index is -4.70. The van der Waals surface area contributed by atoms with Crippen LogP contribution in [0.15, 0.2) is 18.3 Å². The van der Waals surface area contributed by atoms with E-state index in [4.69, 9.17) is 5.73 Å². The van der Waals surface area contributed by atoms with Crippen LogP contribution in [0, 0.1) is 6.92 Å². The van der Waals surface area contributed by atoms with Gasteiger partial charge in [0.05, 0.1) is 11.9 Å². The number of anilines is 1. The first-order chi connectivity index (χ1) is 18.8. The van der Waals surface area contributed by atoms with E-state index in [0.717, 1.165) is 22.1 Å². The van der Waals surface area contributed by atoms with Gasteiger partial charge in [-0.2, -0.15) is 23.4 Å². The van der Waals surface area contributed by atoms with E-state index in [-0.39, 0.29) is 38.0 Å². The van der Waals surface area contributed by atoms with Crippen LogP contribution >= 0.6 is 11.3 Å². The Morgan fingerprint density at radius 2 is 1.93 bits per heavy atom. The highest BCUT2D eigenvalue weighted by Gasteiger charge is 2.39. The number of thiophene rings is 1. The number of hydrogen-bond acceptors (Lipinski definition) is 6. The third-order valence-electron chi connectivity index (χ3n) is 6.87. The van der Waals surface area contributed by atoms with E-state index < -0.39 is 41.8 Å². The van der Waals surface area contributed by atoms with Crippen LogP contribution < -0.4 is 11.1 Å². The summed E-state index contributed by atoms with van der Waals surface area (Å²) in [7, 11) is 0. The van der Waals surface area contributed by atoms with Crippen molar-refractivity contribution in [2.75, 3.05) is 5.32 Å². The van der Waals surface area contributed by atoms with Gasteiger partial charge in [-0.15, -0.1) is 11.3 Å². The lowest BCUT2D eigenvalue weighted by Crippen LogP contribution is -2.27. The van der Waals surface area contributed by atoms with Gasteiger partial charge in [-0.05, 0) is 51.3 Å². The molecule has 1 aliphatic carbocycles. The number of rotatable bonds is 8. The maximum atomic E-state index is 13.8. The number of primary amides is 1. The van der Waals surface area contributed by atoms with Crippen LogP contribution in [0.4, 0.5) is 27.6 Å². The number of nitrogens with one attached hydrogen (secondary N) is 1. The van der Waals surface area contributed by atoms with Crippen LogP contribution in [0.5, 0.6) is 0 Å². The summed E-state index contributed by atoms with van der Waals surface area (Å²) in [5.74, 6) is -1.86. The molecule has 0 spiro atoms. The zero-order chi connectivity index (χ0) is 29.1. The topological polar surface area (TPSA) is 121 Å². The summed E-state index contributed by atoms with van der Waals surface area (Å²) in [6.45, 7) is 5.49. The highest BCUT2D eigenvalue weighted by molar-refractivity contribution is 7.21. The summed E-state index contributed by atoms with van der Waals surface area (Å²) in [5, 5.41) is 10.8. The van der Waals surface area contributed by atoms with Gasteiger partial charge in [-0.25, -0.2) is 13.8 Å². The van der Waals surface area contributed by atoms with E-state index in [2.05, 4.69) is 20.5 Å². The van der Waals surface area contributed by atoms with Gasteiger partial charge >= 0.3 is 6.18 Å². The third-order valence-corrected chi connectivity index (χ3v) is 7.97. The van der Waals surface area contributed by atoms with Gasteiger partial charge in [0.25, 0.3) is 12.3 Å². The van der Waals surface area contributed by atoms with Gasteiger partial charge < -0.3 is 11.1 Å². The molecule has 9 nitrogen and oxygen atoms in total. The molecule has 40 heavy (non-hydrogen) atoms. The van der Waals surface area contributed by atoms with Crippen molar-refractivity contribution in [2.24, 2.45) is 5.73 Å². The first-order valence-electron chi connectivity index (χ1n) is 12.4. The van der Waals surface area contributed by atoms with E-state index in [1.807, 2.05) is 6.92 Å². The predicted molar refractivity (Wildman–Crippen MR) is 137 cm³/mol. The number of nitrogens with zero attached hydrogens (tertiary/aromatic N) is 5. The van der Waals surface area contributed by atoms with E-state index >= 15 is 0 Å². The normalized spacial score (nSPS) is 14.7. The lowest BCUT2D eigenvalue weighted by Gasteiger charge is -2.17. The highest BCUT2D eigenvalue weighted by Crippen LogP contribution is 2.45. The molecule has 0 aliphatic heterocycles. The third kappa shape index (κ3) is 4.82. The molecular formula is C25H24F5N7O2S. The molecule has 1 unspecified atom stereocenters. The molecule has 212 valence electrons. The second-order valence-corrected chi connectivity index (χ2v) is 10.5. The molecule has 0 radical (unpaired) electrons. The van der Waals surface area contributed by atoms with Crippen LogP contribution in [0.1, 0.15) is 77.5 Å². The monoisotopic (exact) mass is 581 g/mol. The minimum Gasteiger partial charge on any atom is -0.365 e. The zero-order valence-electron chi connectivity index (χ0n) is 21.5. The molecule has 3 N–H and O–H groups in total. The summed E-state index contributed by atoms with van der Waals surface area (Å²) in [6.07, 6.45) is -4.79. The summed E-state index contributed by atoms with van der Waals surface area (Å²) in [4.78, 5) is 29.8. The SMILES string of the molecule is CCn1ncc(-c2cc(C(F)F)nc3sc(C(N)=O)c(NC(=O)C(C)n4nc(C(F)(F)F)cc4C4CC4)c23)c1C. The number of fused-ring (bicyclic) bond motifs is 1. The molecular weight excluding hydrogens is 557 g/mol. The maximum absolute atomic E-state index is 13.8. The number of nitrogens with two attached hydrogens (primary N) is 1. The largest absolute Gasteiger partial charge is 0.435 e. The van der Waals surface area contributed by atoms with Gasteiger partial charge in [0.2, 0.25) is 5.91 Å². The standard InChI is InChI=1S/C25H24F5N7O2S/c1-4-36-10(2)14(9-32-36)13-7-15(21(26)27)33-24-18(13)19(20(40-24)22(31)38)34-23(39)11(3)37-16(12-5-6-12)8-17(35-37)25(28,29)30/h7-9,11-12,21H,4-6H2,1-3H3,(H2,31,38)(H,34,39). The van der Waals surface area contributed by atoms with E-state index in [1.54, 1.807) is 11.6 Å². The molecule has 0 saturated heterocycles. The molecule has 2 amide bonds. The number of amides is 2. The fourth-order valence-electron chi connectivity index (χ4n) is 4.64. The molecule has 4 heterocycles. The Bertz CT molecular complexity index is 1630. The van der Waals surface area contributed by atoms with Crippen LogP contribution in [0.3, 0.4) is 0 Å². The maximum Gasteiger partial charge on any atom is 0.435 e. The molecule has 1 saturated carbocycles. The van der Waals surface area contributed by atoms with E-state index in [0.29, 0.717) is 30.6 Å². The number of carbonyl (C=O) groups excluding carboxylic acids is 2. The molecule has 0 aromatic carbocycles. The van der Waals surface area contributed by atoms with Crippen molar-refractivity contribution in [3.63, 3.8) is 0 Å². The molecule has 15 heteroatoms. The van der Waals surface area contributed by atoms with Gasteiger partial charge in [0.15, 0.2) is 5.69 Å². The molecule has 1 fully saturated rings. The Morgan fingerprint density at radius 1 is 1.23 bits per heavy atom. The number of hydrogen-bond donors (Lipinski definition) is 2. The van der Waals surface area contributed by atoms with Crippen molar-refractivity contribution in [3.8, 4) is 11.1 Å². The molecule has 4 aromatic rings. The van der Waals surface area contributed by atoms with Gasteiger partial charge in [0, 0.05) is 34.8 Å². The van der Waals surface area contributed by atoms with Gasteiger partial charge in [0.1, 0.15) is 21.4 Å². The zero-order valence-corrected chi connectivity index (χ0v) is 22.3. The van der Waals surface area contributed by atoms with Crippen molar-refractivity contribution >= 4 is 39.1 Å². The smallest absolute Gasteiger partial charge is 0.365 e. The Kier molecular flexibility index (Phi) is 6.88. The number of halogens is 5. The predicted octanol–water partition coefficient (Wildman–Crippen LogP) is 5.82. The number of aryl methyl sites for hydroxylation is 1. The number of aromatic nitrogens is 5. The summed E-state index contributed by atoms with van der Waals surface area (Å²) in [5.41, 5.74) is 5.54. The number of carbonyl (C=O) groups is 2. The minimum absolute atomic E-state index is 0.0327. The van der Waals surface area contributed by atoms with Crippen molar-refractivity contribution in [2.45, 2.75) is 64.7 Å². The Labute approximate surface area is 228 Å². The first-order valence-corrected chi connectivity index (χ1v) is 13.2. The van der Waals surface area contributed by atoms with Crippen LogP contribution in [-0.2, 0) is 17.5 Å². The molecule has 5 rings (SSSR count). The Hall–Kier alpha value is -3.88. The quantitative estimate of drug-likeness (QED) is 0.254. The fraction of sp³-hybridized carbons (Fsp3) is 0.400. The fourth-order valence-corrected chi connectivity index (χ4v) is 5.66. The molecule has 4 aromatic heterocycles. The van der Waals surface area contributed by atoms with Crippen LogP contribution in [0.25, 0.3) is 21.3 Å². The molecule has 1 atom stereocenters. The van der Waals surface area contributed by atoms with Gasteiger partial charge in [-0.3, -0.25) is 19.0 Å². The number of pyridine rings is 1. The second kappa shape index (κ2) is 9.94. The highest BCUT2D eigenvalue weighted by atomic mass is 32.1. The van der Waals surface area contributed by atoms with Crippen molar-refractivity contribution < 1.29 is 31.5 Å². The molecule has 1 aliphatic rings. The van der Waals surface area contributed by atoms with Crippen LogP contribution in [-0.4, -0.2) is 36.4 Å². The molecule has 0 bridgehead atoms. The number of alkyl halides is 5. The second-order valence-electron chi connectivity index (χ2n) is 9.54. The lowest BCUT2D eigenvalue weighted by molar-refractivity contribution is -0.141. The van der Waals surface area contributed by atoms with Crippen molar-refractivity contribution in [1.82, 2.24) is 24.5 Å². The summed E-state index contributed by atoms with van der Waals surface area (Å²) >= 11 is 0.734. The van der Waals surface area contributed by atoms with E-state index in [1.165, 1.54) is 19.2 Å². The van der Waals surface area contributed by atoms with Gasteiger partial charge in [-0.1, -0.05) is 0 Å². The average molecular weight is 582 g/mol. The summed E-state index contributed by atoms with van der Waals surface area (Å²) < 4.78 is 70.5. The Balaban J connectivity index is 1.64. The lowest BCUT2D eigenvalue weighted by atomic mass is 10.0. The van der Waals surface area contributed by atoms with Crippen molar-refractivity contribution in [1.29, 1.82) is 0 Å². The Morgan fingerprint density at radius 3 is 2.48 bits per heavy atom. The van der Waals surface area contributed by atoms with Crippen LogP contribution in [0.2, 0.25) is 0 Å². The summed E-state index contributed by atoms with van der Waals surface area (Å²) in [6, 6.07) is 0.906. The average Bonchev–Trinajstić information content (AvgIpc) is 3.34. The first kappa shape index (κ1) is 27.7.